The summed E-state index contributed by atoms with van der Waals surface area (Å²) in [5.41, 5.74) is 7.11. The molecule has 1 amide bonds. The molecule has 2 aromatic carbocycles. The first kappa shape index (κ1) is 13.4. The highest BCUT2D eigenvalue weighted by Crippen LogP contribution is 2.24. The molecule has 3 aromatic rings. The molecule has 21 heavy (non-hydrogen) atoms. The second-order valence-corrected chi connectivity index (χ2v) is 5.00. The van der Waals surface area contributed by atoms with E-state index < -0.39 is 0 Å². The SMILES string of the molecule is Nc1ccc(Cl)cc1NC(=O)c1nccc2ccccc12. The van der Waals surface area contributed by atoms with Crippen molar-refractivity contribution in [2.75, 3.05) is 11.1 Å². The van der Waals surface area contributed by atoms with Gasteiger partial charge in [0.25, 0.3) is 5.91 Å². The molecule has 1 heterocycles. The first-order chi connectivity index (χ1) is 10.1. The van der Waals surface area contributed by atoms with Gasteiger partial charge in [0, 0.05) is 16.6 Å². The topological polar surface area (TPSA) is 68.0 Å². The first-order valence-corrected chi connectivity index (χ1v) is 6.73. The number of nitrogen functional groups attached to an aromatic ring is 1. The number of benzene rings is 2. The molecule has 4 nitrogen and oxygen atoms in total. The van der Waals surface area contributed by atoms with Gasteiger partial charge in [-0.3, -0.25) is 9.78 Å². The molecule has 0 atom stereocenters. The van der Waals surface area contributed by atoms with Gasteiger partial charge in [0.1, 0.15) is 5.69 Å². The third kappa shape index (κ3) is 2.66. The molecule has 0 saturated carbocycles. The third-order valence-electron chi connectivity index (χ3n) is 3.15. The standard InChI is InChI=1S/C16H12ClN3O/c17-11-5-6-13(18)14(9-11)20-16(21)15-12-4-2-1-3-10(12)7-8-19-15/h1-9H,18H2,(H,20,21). The quantitative estimate of drug-likeness (QED) is 0.708. The number of hydrogen-bond acceptors (Lipinski definition) is 3. The molecule has 104 valence electrons. The van der Waals surface area contributed by atoms with Gasteiger partial charge in [-0.2, -0.15) is 0 Å². The Labute approximate surface area is 126 Å². The molecule has 1 aromatic heterocycles. The lowest BCUT2D eigenvalue weighted by atomic mass is 10.1. The number of nitrogens with one attached hydrogen (secondary N) is 1. The van der Waals surface area contributed by atoms with Crippen LogP contribution in [0.25, 0.3) is 10.8 Å². The number of carbonyl (C=O) groups is 1. The number of amides is 1. The van der Waals surface area contributed by atoms with Gasteiger partial charge < -0.3 is 11.1 Å². The first-order valence-electron chi connectivity index (χ1n) is 6.35. The van der Waals surface area contributed by atoms with Crippen molar-refractivity contribution in [1.29, 1.82) is 0 Å². The maximum Gasteiger partial charge on any atom is 0.274 e. The Balaban J connectivity index is 1.99. The number of hydrogen-bond donors (Lipinski definition) is 2. The van der Waals surface area contributed by atoms with Crippen molar-refractivity contribution in [2.45, 2.75) is 0 Å². The van der Waals surface area contributed by atoms with Crippen LogP contribution in [-0.2, 0) is 0 Å². The number of nitrogens with zero attached hydrogens (tertiary/aromatic N) is 1. The molecule has 3 N–H and O–H groups in total. The number of nitrogens with two attached hydrogens (primary N) is 1. The molecule has 0 spiro atoms. The summed E-state index contributed by atoms with van der Waals surface area (Å²) >= 11 is 5.92. The smallest absolute Gasteiger partial charge is 0.274 e. The Bertz CT molecular complexity index is 827. The Morgan fingerprint density at radius 3 is 2.81 bits per heavy atom. The number of pyridine rings is 1. The van der Waals surface area contributed by atoms with E-state index >= 15 is 0 Å². The minimum Gasteiger partial charge on any atom is -0.397 e. The van der Waals surface area contributed by atoms with Crippen LogP contribution >= 0.6 is 11.6 Å². The van der Waals surface area contributed by atoms with Crippen LogP contribution in [0, 0.1) is 0 Å². The fraction of sp³-hybridized carbons (Fsp3) is 0. The second kappa shape index (κ2) is 5.42. The maximum atomic E-state index is 12.4. The van der Waals surface area contributed by atoms with Crippen molar-refractivity contribution in [3.63, 3.8) is 0 Å². The summed E-state index contributed by atoms with van der Waals surface area (Å²) in [6.45, 7) is 0. The summed E-state index contributed by atoms with van der Waals surface area (Å²) in [5.74, 6) is -0.319. The number of carbonyl (C=O) groups excluding carboxylic acids is 1. The zero-order chi connectivity index (χ0) is 14.8. The summed E-state index contributed by atoms with van der Waals surface area (Å²) < 4.78 is 0. The molecule has 0 aliphatic heterocycles. The monoisotopic (exact) mass is 297 g/mol. The fourth-order valence-corrected chi connectivity index (χ4v) is 2.29. The van der Waals surface area contributed by atoms with Crippen molar-refractivity contribution in [2.24, 2.45) is 0 Å². The number of fused-ring (bicyclic) bond motifs is 1. The summed E-state index contributed by atoms with van der Waals surface area (Å²) in [6.07, 6.45) is 1.61. The van der Waals surface area contributed by atoms with Crippen molar-refractivity contribution < 1.29 is 4.79 Å². The molecule has 0 aliphatic rings. The molecule has 0 bridgehead atoms. The average Bonchev–Trinajstić information content (AvgIpc) is 2.50. The highest BCUT2D eigenvalue weighted by atomic mass is 35.5. The molecule has 0 unspecified atom stereocenters. The van der Waals surface area contributed by atoms with Crippen molar-refractivity contribution in [3.8, 4) is 0 Å². The van der Waals surface area contributed by atoms with E-state index in [0.29, 0.717) is 22.1 Å². The van der Waals surface area contributed by atoms with Crippen LogP contribution in [0.4, 0.5) is 11.4 Å². The molecular formula is C16H12ClN3O. The zero-order valence-electron chi connectivity index (χ0n) is 11.0. The molecule has 0 saturated heterocycles. The highest BCUT2D eigenvalue weighted by Gasteiger charge is 2.13. The Kier molecular flexibility index (Phi) is 3.46. The van der Waals surface area contributed by atoms with E-state index in [0.717, 1.165) is 10.8 Å². The van der Waals surface area contributed by atoms with Gasteiger partial charge in [-0.15, -0.1) is 0 Å². The van der Waals surface area contributed by atoms with Crippen molar-refractivity contribution >= 4 is 39.7 Å². The summed E-state index contributed by atoms with van der Waals surface area (Å²) in [5, 5.41) is 5.00. The predicted octanol–water partition coefficient (Wildman–Crippen LogP) is 3.72. The Hall–Kier alpha value is -2.59. The van der Waals surface area contributed by atoms with Gasteiger partial charge in [-0.1, -0.05) is 35.9 Å². The van der Waals surface area contributed by atoms with Crippen LogP contribution in [-0.4, -0.2) is 10.9 Å². The van der Waals surface area contributed by atoms with E-state index in [-0.39, 0.29) is 5.91 Å². The van der Waals surface area contributed by atoms with Gasteiger partial charge in [0.2, 0.25) is 0 Å². The van der Waals surface area contributed by atoms with E-state index in [9.17, 15) is 4.79 Å². The van der Waals surface area contributed by atoms with Crippen LogP contribution in [0.2, 0.25) is 5.02 Å². The van der Waals surface area contributed by atoms with Gasteiger partial charge in [0.05, 0.1) is 11.4 Å². The largest absolute Gasteiger partial charge is 0.397 e. The van der Waals surface area contributed by atoms with Gasteiger partial charge in [-0.25, -0.2) is 0 Å². The number of halogens is 1. The zero-order valence-corrected chi connectivity index (χ0v) is 11.8. The number of rotatable bonds is 2. The normalized spacial score (nSPS) is 10.5. The summed E-state index contributed by atoms with van der Waals surface area (Å²) in [7, 11) is 0. The number of aromatic nitrogens is 1. The van der Waals surface area contributed by atoms with Gasteiger partial charge in [0.15, 0.2) is 0 Å². The van der Waals surface area contributed by atoms with Crippen LogP contribution in [0.1, 0.15) is 10.5 Å². The van der Waals surface area contributed by atoms with Crippen LogP contribution in [0.3, 0.4) is 0 Å². The Morgan fingerprint density at radius 1 is 1.14 bits per heavy atom. The lowest BCUT2D eigenvalue weighted by Gasteiger charge is -2.09. The van der Waals surface area contributed by atoms with Crippen LogP contribution in [0.15, 0.2) is 54.7 Å². The van der Waals surface area contributed by atoms with Crippen molar-refractivity contribution in [1.82, 2.24) is 4.98 Å². The molecule has 5 heteroatoms. The minimum atomic E-state index is -0.319. The van der Waals surface area contributed by atoms with Crippen LogP contribution < -0.4 is 11.1 Å². The lowest BCUT2D eigenvalue weighted by molar-refractivity contribution is 0.102. The molecule has 3 rings (SSSR count). The van der Waals surface area contributed by atoms with E-state index in [2.05, 4.69) is 10.3 Å². The lowest BCUT2D eigenvalue weighted by Crippen LogP contribution is -2.15. The predicted molar refractivity (Wildman–Crippen MR) is 85.6 cm³/mol. The summed E-state index contributed by atoms with van der Waals surface area (Å²) in [6, 6.07) is 14.4. The number of anilines is 2. The van der Waals surface area contributed by atoms with E-state index in [1.165, 1.54) is 0 Å². The summed E-state index contributed by atoms with van der Waals surface area (Å²) in [4.78, 5) is 16.6. The van der Waals surface area contributed by atoms with E-state index in [4.69, 9.17) is 17.3 Å². The van der Waals surface area contributed by atoms with E-state index in [1.54, 1.807) is 24.4 Å². The van der Waals surface area contributed by atoms with Crippen molar-refractivity contribution in [3.05, 3.63) is 65.4 Å². The molecule has 0 fully saturated rings. The maximum absolute atomic E-state index is 12.4. The van der Waals surface area contributed by atoms with Crippen LogP contribution in [0.5, 0.6) is 0 Å². The Morgan fingerprint density at radius 2 is 1.95 bits per heavy atom. The second-order valence-electron chi connectivity index (χ2n) is 4.57. The minimum absolute atomic E-state index is 0.319. The highest BCUT2D eigenvalue weighted by molar-refractivity contribution is 6.31. The molecule has 0 aliphatic carbocycles. The fourth-order valence-electron chi connectivity index (χ4n) is 2.12. The van der Waals surface area contributed by atoms with Gasteiger partial charge in [-0.05, 0) is 29.7 Å². The third-order valence-corrected chi connectivity index (χ3v) is 3.39. The van der Waals surface area contributed by atoms with E-state index in [1.807, 2.05) is 30.3 Å². The molecular weight excluding hydrogens is 286 g/mol. The van der Waals surface area contributed by atoms with Gasteiger partial charge >= 0.3 is 0 Å². The molecule has 0 radical (unpaired) electrons. The average molecular weight is 298 g/mol.